The van der Waals surface area contributed by atoms with Gasteiger partial charge in [0.1, 0.15) is 5.69 Å². The minimum absolute atomic E-state index is 0.0606. The summed E-state index contributed by atoms with van der Waals surface area (Å²) in [5.41, 5.74) is 6.35. The van der Waals surface area contributed by atoms with Gasteiger partial charge in [-0.05, 0) is 48.2 Å². The molecule has 2 aromatic heterocycles. The van der Waals surface area contributed by atoms with Gasteiger partial charge < -0.3 is 4.74 Å². The van der Waals surface area contributed by atoms with Crippen molar-refractivity contribution in [2.45, 2.75) is 33.1 Å². The second-order valence-corrected chi connectivity index (χ2v) is 9.40. The molecule has 3 aromatic carbocycles. The first-order chi connectivity index (χ1) is 16.4. The van der Waals surface area contributed by atoms with Crippen LogP contribution in [0.25, 0.3) is 38.8 Å². The van der Waals surface area contributed by atoms with Gasteiger partial charge in [-0.1, -0.05) is 63.2 Å². The maximum Gasteiger partial charge on any atom is 0.338 e. The number of esters is 1. The molecule has 0 spiro atoms. The maximum atomic E-state index is 12.5. The van der Waals surface area contributed by atoms with Gasteiger partial charge in [-0.25, -0.2) is 9.48 Å². The van der Waals surface area contributed by atoms with Crippen LogP contribution < -0.4 is 0 Å². The van der Waals surface area contributed by atoms with E-state index in [1.54, 1.807) is 13.0 Å². The molecular formula is C29H27N3O2. The van der Waals surface area contributed by atoms with Gasteiger partial charge in [0.05, 0.1) is 28.9 Å². The van der Waals surface area contributed by atoms with Gasteiger partial charge >= 0.3 is 5.97 Å². The number of rotatable bonds is 4. The lowest BCUT2D eigenvalue weighted by Gasteiger charge is -2.19. The molecule has 0 saturated carbocycles. The molecule has 0 saturated heterocycles. The maximum absolute atomic E-state index is 12.5. The van der Waals surface area contributed by atoms with E-state index < -0.39 is 0 Å². The Kier molecular flexibility index (Phi) is 5.40. The molecule has 0 aliphatic rings. The highest BCUT2D eigenvalue weighted by atomic mass is 16.5. The molecule has 0 aliphatic heterocycles. The predicted octanol–water partition coefficient (Wildman–Crippen LogP) is 6.71. The van der Waals surface area contributed by atoms with Crippen LogP contribution in [0.5, 0.6) is 0 Å². The van der Waals surface area contributed by atoms with Crippen LogP contribution in [0.3, 0.4) is 0 Å². The number of hydrogen-bond donors (Lipinski definition) is 0. The summed E-state index contributed by atoms with van der Waals surface area (Å²) in [6.45, 7) is 8.75. The number of fused-ring (bicyclic) bond motifs is 3. The number of hydrogen-bond acceptors (Lipinski definition) is 4. The number of benzene rings is 3. The zero-order valence-corrected chi connectivity index (χ0v) is 19.9. The van der Waals surface area contributed by atoms with Crippen molar-refractivity contribution in [1.29, 1.82) is 0 Å². The van der Waals surface area contributed by atoms with Crippen molar-refractivity contribution in [3.05, 3.63) is 90.1 Å². The topological polar surface area (TPSA) is 57.0 Å². The standard InChI is InChI=1S/C29H27N3O2/c1-5-34-28(33)20-11-16-25-23(17-20)27-24(18-30-25)26(19-9-7-6-8-10-19)31-32(27)22-14-12-21(13-15-22)29(2,3)4/h6-18H,5H2,1-4H3. The molecule has 0 unspecified atom stereocenters. The summed E-state index contributed by atoms with van der Waals surface area (Å²) in [6, 6.07) is 24.1. The predicted molar refractivity (Wildman–Crippen MR) is 136 cm³/mol. The molecule has 0 N–H and O–H groups in total. The van der Waals surface area contributed by atoms with Crippen LogP contribution in [0.1, 0.15) is 43.6 Å². The Bertz CT molecular complexity index is 1490. The molecule has 0 aliphatic carbocycles. The number of aromatic nitrogens is 3. The van der Waals surface area contributed by atoms with Crippen molar-refractivity contribution in [2.24, 2.45) is 0 Å². The number of ether oxygens (including phenoxy) is 1. The Labute approximate surface area is 199 Å². The third-order valence-electron chi connectivity index (χ3n) is 6.04. The van der Waals surface area contributed by atoms with Crippen molar-refractivity contribution in [2.75, 3.05) is 6.61 Å². The van der Waals surface area contributed by atoms with E-state index in [0.29, 0.717) is 12.2 Å². The summed E-state index contributed by atoms with van der Waals surface area (Å²) in [5, 5.41) is 6.83. The van der Waals surface area contributed by atoms with E-state index in [1.165, 1.54) is 5.56 Å². The van der Waals surface area contributed by atoms with Crippen LogP contribution in [-0.2, 0) is 10.2 Å². The van der Waals surface area contributed by atoms with E-state index in [2.05, 4.69) is 50.0 Å². The molecule has 5 nitrogen and oxygen atoms in total. The van der Waals surface area contributed by atoms with Gasteiger partial charge in [0.2, 0.25) is 0 Å². The molecule has 5 rings (SSSR count). The minimum Gasteiger partial charge on any atom is -0.462 e. The molecule has 0 amide bonds. The Hall–Kier alpha value is -3.99. The fraction of sp³-hybridized carbons (Fsp3) is 0.207. The lowest BCUT2D eigenvalue weighted by molar-refractivity contribution is 0.0526. The smallest absolute Gasteiger partial charge is 0.338 e. The molecular weight excluding hydrogens is 422 g/mol. The van der Waals surface area contributed by atoms with Crippen LogP contribution in [0.2, 0.25) is 0 Å². The first-order valence-electron chi connectivity index (χ1n) is 11.5. The number of nitrogens with zero attached hydrogens (tertiary/aromatic N) is 3. The van der Waals surface area contributed by atoms with Gasteiger partial charge in [-0.2, -0.15) is 5.10 Å². The first-order valence-corrected chi connectivity index (χ1v) is 11.5. The highest BCUT2D eigenvalue weighted by molar-refractivity contribution is 6.10. The average molecular weight is 450 g/mol. The molecule has 0 atom stereocenters. The Balaban J connectivity index is 1.80. The molecule has 170 valence electrons. The normalized spacial score (nSPS) is 11.8. The van der Waals surface area contributed by atoms with Crippen LogP contribution in [0.4, 0.5) is 0 Å². The molecule has 2 heterocycles. The first kappa shape index (κ1) is 21.8. The van der Waals surface area contributed by atoms with Crippen molar-refractivity contribution in [1.82, 2.24) is 14.8 Å². The summed E-state index contributed by atoms with van der Waals surface area (Å²) >= 11 is 0. The largest absolute Gasteiger partial charge is 0.462 e. The second kappa shape index (κ2) is 8.41. The lowest BCUT2D eigenvalue weighted by Crippen LogP contribution is -2.11. The molecule has 34 heavy (non-hydrogen) atoms. The van der Waals surface area contributed by atoms with Gasteiger partial charge in [0.15, 0.2) is 0 Å². The van der Waals surface area contributed by atoms with E-state index in [4.69, 9.17) is 9.84 Å². The summed E-state index contributed by atoms with van der Waals surface area (Å²) in [5.74, 6) is -0.342. The quantitative estimate of drug-likeness (QED) is 0.286. The average Bonchev–Trinajstić information content (AvgIpc) is 3.24. The molecule has 5 aromatic rings. The van der Waals surface area contributed by atoms with Gasteiger partial charge in [0, 0.05) is 22.5 Å². The zero-order chi connectivity index (χ0) is 23.9. The lowest BCUT2D eigenvalue weighted by atomic mass is 9.87. The monoisotopic (exact) mass is 449 g/mol. The molecule has 0 radical (unpaired) electrons. The van der Waals surface area contributed by atoms with Crippen LogP contribution in [0, 0.1) is 0 Å². The van der Waals surface area contributed by atoms with Crippen molar-refractivity contribution < 1.29 is 9.53 Å². The van der Waals surface area contributed by atoms with Gasteiger partial charge in [0.25, 0.3) is 0 Å². The SMILES string of the molecule is CCOC(=O)c1ccc2ncc3c(-c4ccccc4)nn(-c4ccc(C(C)(C)C)cc4)c3c2c1. The second-order valence-electron chi connectivity index (χ2n) is 9.40. The Morgan fingerprint density at radius 1 is 0.941 bits per heavy atom. The number of pyridine rings is 1. The van der Waals surface area contributed by atoms with Crippen LogP contribution >= 0.6 is 0 Å². The number of carbonyl (C=O) groups excluding carboxylic acids is 1. The van der Waals surface area contributed by atoms with Crippen molar-refractivity contribution in [3.63, 3.8) is 0 Å². The third-order valence-corrected chi connectivity index (χ3v) is 6.04. The number of carbonyl (C=O) groups is 1. The Morgan fingerprint density at radius 3 is 2.35 bits per heavy atom. The highest BCUT2D eigenvalue weighted by Crippen LogP contribution is 2.34. The fourth-order valence-electron chi connectivity index (χ4n) is 4.22. The van der Waals surface area contributed by atoms with E-state index in [-0.39, 0.29) is 11.4 Å². The van der Waals surface area contributed by atoms with Gasteiger partial charge in [-0.3, -0.25) is 4.98 Å². The van der Waals surface area contributed by atoms with E-state index in [9.17, 15) is 4.79 Å². The fourth-order valence-corrected chi connectivity index (χ4v) is 4.22. The highest BCUT2D eigenvalue weighted by Gasteiger charge is 2.19. The van der Waals surface area contributed by atoms with E-state index in [0.717, 1.165) is 38.8 Å². The van der Waals surface area contributed by atoms with Crippen molar-refractivity contribution >= 4 is 27.8 Å². The summed E-state index contributed by atoms with van der Waals surface area (Å²) in [6.07, 6.45) is 1.87. The van der Waals surface area contributed by atoms with E-state index in [1.807, 2.05) is 53.3 Å². The Morgan fingerprint density at radius 2 is 1.68 bits per heavy atom. The van der Waals surface area contributed by atoms with Crippen molar-refractivity contribution in [3.8, 4) is 16.9 Å². The minimum atomic E-state index is -0.342. The zero-order valence-electron chi connectivity index (χ0n) is 19.9. The molecule has 5 heteroatoms. The van der Waals surface area contributed by atoms with Crippen LogP contribution in [-0.4, -0.2) is 27.3 Å². The third kappa shape index (κ3) is 3.83. The van der Waals surface area contributed by atoms with Gasteiger partial charge in [-0.15, -0.1) is 0 Å². The van der Waals surface area contributed by atoms with Crippen LogP contribution in [0.15, 0.2) is 79.0 Å². The summed E-state index contributed by atoms with van der Waals surface area (Å²) < 4.78 is 7.20. The molecule has 0 fully saturated rings. The summed E-state index contributed by atoms with van der Waals surface area (Å²) in [4.78, 5) is 17.2. The summed E-state index contributed by atoms with van der Waals surface area (Å²) in [7, 11) is 0. The molecule has 0 bridgehead atoms. The van der Waals surface area contributed by atoms with E-state index >= 15 is 0 Å².